The van der Waals surface area contributed by atoms with Crippen molar-refractivity contribution in [1.82, 2.24) is 4.98 Å². The van der Waals surface area contributed by atoms with E-state index >= 15 is 0 Å². The Bertz CT molecular complexity index is 884. The van der Waals surface area contributed by atoms with E-state index in [1.54, 1.807) is 11.3 Å². The number of carbonyl (C=O) groups is 1. The van der Waals surface area contributed by atoms with Crippen LogP contribution in [0, 0.1) is 5.92 Å². The molecule has 1 aliphatic rings. The van der Waals surface area contributed by atoms with Crippen molar-refractivity contribution in [2.24, 2.45) is 5.92 Å². The zero-order chi connectivity index (χ0) is 17.2. The van der Waals surface area contributed by atoms with Crippen LogP contribution in [0.1, 0.15) is 34.3 Å². The number of aromatic nitrogens is 1. The molecule has 126 valence electrons. The molecule has 0 spiro atoms. The number of nitrogens with one attached hydrogen (secondary N) is 1. The summed E-state index contributed by atoms with van der Waals surface area (Å²) in [6.45, 7) is 2.27. The second-order valence-electron chi connectivity index (χ2n) is 6.63. The molecule has 1 heterocycles. The van der Waals surface area contributed by atoms with Gasteiger partial charge in [0, 0.05) is 10.4 Å². The molecule has 3 nitrogen and oxygen atoms in total. The van der Waals surface area contributed by atoms with E-state index in [1.165, 1.54) is 11.3 Å². The highest BCUT2D eigenvalue weighted by atomic mass is 32.1. The summed E-state index contributed by atoms with van der Waals surface area (Å²) in [6, 6.07) is 17.9. The van der Waals surface area contributed by atoms with Crippen molar-refractivity contribution in [1.29, 1.82) is 0 Å². The number of hydrogen-bond acceptors (Lipinski definition) is 3. The average molecular weight is 348 g/mol. The van der Waals surface area contributed by atoms with E-state index in [0.29, 0.717) is 11.5 Å². The van der Waals surface area contributed by atoms with Gasteiger partial charge in [-0.05, 0) is 48.4 Å². The van der Waals surface area contributed by atoms with Crippen molar-refractivity contribution in [2.75, 3.05) is 5.32 Å². The second kappa shape index (κ2) is 6.81. The van der Waals surface area contributed by atoms with Gasteiger partial charge < -0.3 is 0 Å². The van der Waals surface area contributed by atoms with Crippen LogP contribution in [-0.4, -0.2) is 10.9 Å². The number of anilines is 1. The summed E-state index contributed by atoms with van der Waals surface area (Å²) < 4.78 is 0. The van der Waals surface area contributed by atoms with Crippen LogP contribution in [0.25, 0.3) is 11.1 Å². The maximum absolute atomic E-state index is 12.5. The Morgan fingerprint density at radius 3 is 2.56 bits per heavy atom. The van der Waals surface area contributed by atoms with Crippen molar-refractivity contribution in [3.05, 3.63) is 70.7 Å². The number of amides is 1. The molecule has 4 heteroatoms. The van der Waals surface area contributed by atoms with Gasteiger partial charge in [-0.2, -0.15) is 0 Å². The summed E-state index contributed by atoms with van der Waals surface area (Å²) in [5.41, 5.74) is 4.08. The molecule has 25 heavy (non-hydrogen) atoms. The lowest BCUT2D eigenvalue weighted by Gasteiger charge is -2.15. The predicted octanol–water partition coefficient (Wildman–Crippen LogP) is 5.19. The number of fused-ring (bicyclic) bond motifs is 1. The largest absolute Gasteiger partial charge is 0.298 e. The lowest BCUT2D eigenvalue weighted by atomic mass is 9.93. The van der Waals surface area contributed by atoms with Crippen molar-refractivity contribution in [3.8, 4) is 11.1 Å². The maximum Gasteiger partial charge on any atom is 0.257 e. The topological polar surface area (TPSA) is 42.0 Å². The Kier molecular flexibility index (Phi) is 4.36. The van der Waals surface area contributed by atoms with Gasteiger partial charge in [0.1, 0.15) is 0 Å². The normalized spacial score (nSPS) is 16.3. The number of nitrogens with zero attached hydrogens (tertiary/aromatic N) is 1. The van der Waals surface area contributed by atoms with Crippen LogP contribution in [0.15, 0.2) is 54.6 Å². The summed E-state index contributed by atoms with van der Waals surface area (Å²) in [5.74, 6) is 0.612. The molecule has 0 aliphatic heterocycles. The highest BCUT2D eigenvalue weighted by Crippen LogP contribution is 2.32. The van der Waals surface area contributed by atoms with Crippen molar-refractivity contribution in [3.63, 3.8) is 0 Å². The quantitative estimate of drug-likeness (QED) is 0.708. The Hall–Kier alpha value is -2.46. The summed E-state index contributed by atoms with van der Waals surface area (Å²) in [4.78, 5) is 18.4. The molecule has 0 saturated carbocycles. The zero-order valence-corrected chi connectivity index (χ0v) is 15.0. The van der Waals surface area contributed by atoms with Gasteiger partial charge in [-0.3, -0.25) is 10.1 Å². The van der Waals surface area contributed by atoms with Crippen LogP contribution in [0.3, 0.4) is 0 Å². The first kappa shape index (κ1) is 16.0. The van der Waals surface area contributed by atoms with E-state index in [-0.39, 0.29) is 5.91 Å². The van der Waals surface area contributed by atoms with Crippen molar-refractivity contribution < 1.29 is 4.79 Å². The van der Waals surface area contributed by atoms with Crippen molar-refractivity contribution >= 4 is 22.4 Å². The van der Waals surface area contributed by atoms with E-state index in [4.69, 9.17) is 0 Å². The minimum absolute atomic E-state index is 0.0984. The Labute approximate surface area is 151 Å². The van der Waals surface area contributed by atoms with E-state index in [0.717, 1.165) is 34.8 Å². The molecule has 0 saturated heterocycles. The molecular formula is C21H20N2OS. The SMILES string of the molecule is C[C@@H]1CCc2nc(NC(=O)c3ccc(-c4ccccc4)cc3)sc2C1. The molecule has 1 N–H and O–H groups in total. The van der Waals surface area contributed by atoms with Gasteiger partial charge >= 0.3 is 0 Å². The lowest BCUT2D eigenvalue weighted by Crippen LogP contribution is -2.11. The molecule has 2 aromatic carbocycles. The van der Waals surface area contributed by atoms with Crippen molar-refractivity contribution in [2.45, 2.75) is 26.2 Å². The molecule has 1 atom stereocenters. The number of aryl methyl sites for hydroxylation is 1. The summed E-state index contributed by atoms with van der Waals surface area (Å²) in [6.07, 6.45) is 3.29. The predicted molar refractivity (Wildman–Crippen MR) is 103 cm³/mol. The van der Waals surface area contributed by atoms with Crippen LogP contribution < -0.4 is 5.32 Å². The van der Waals surface area contributed by atoms with E-state index in [9.17, 15) is 4.79 Å². The second-order valence-corrected chi connectivity index (χ2v) is 7.72. The summed E-state index contributed by atoms with van der Waals surface area (Å²) in [7, 11) is 0. The fourth-order valence-corrected chi connectivity index (χ4v) is 4.37. The number of benzene rings is 2. The summed E-state index contributed by atoms with van der Waals surface area (Å²) in [5, 5.41) is 3.68. The third-order valence-corrected chi connectivity index (χ3v) is 5.70. The molecule has 3 aromatic rings. The molecule has 0 fully saturated rings. The Balaban J connectivity index is 1.48. The van der Waals surface area contributed by atoms with Crippen LogP contribution in [0.2, 0.25) is 0 Å². The first-order chi connectivity index (χ1) is 12.2. The van der Waals surface area contributed by atoms with E-state index in [1.807, 2.05) is 42.5 Å². The number of thiazole rings is 1. The zero-order valence-electron chi connectivity index (χ0n) is 14.2. The first-order valence-electron chi connectivity index (χ1n) is 8.64. The third-order valence-electron chi connectivity index (χ3n) is 4.66. The van der Waals surface area contributed by atoms with Crippen LogP contribution >= 0.6 is 11.3 Å². The molecule has 1 aliphatic carbocycles. The number of carbonyl (C=O) groups excluding carboxylic acids is 1. The minimum Gasteiger partial charge on any atom is -0.298 e. The molecule has 0 bridgehead atoms. The first-order valence-corrected chi connectivity index (χ1v) is 9.46. The Morgan fingerprint density at radius 1 is 1.08 bits per heavy atom. The average Bonchev–Trinajstić information content (AvgIpc) is 3.04. The highest BCUT2D eigenvalue weighted by molar-refractivity contribution is 7.15. The smallest absolute Gasteiger partial charge is 0.257 e. The molecule has 0 unspecified atom stereocenters. The van der Waals surface area contributed by atoms with Crippen LogP contribution in [0.4, 0.5) is 5.13 Å². The summed E-state index contributed by atoms with van der Waals surface area (Å²) >= 11 is 1.62. The van der Waals surface area contributed by atoms with Gasteiger partial charge in [0.05, 0.1) is 5.69 Å². The fourth-order valence-electron chi connectivity index (χ4n) is 3.21. The monoisotopic (exact) mass is 348 g/mol. The Morgan fingerprint density at radius 2 is 1.80 bits per heavy atom. The van der Waals surface area contributed by atoms with E-state index < -0.39 is 0 Å². The highest BCUT2D eigenvalue weighted by Gasteiger charge is 2.20. The molecular weight excluding hydrogens is 328 g/mol. The third kappa shape index (κ3) is 3.49. The van der Waals surface area contributed by atoms with Gasteiger partial charge in [-0.15, -0.1) is 11.3 Å². The molecule has 1 amide bonds. The van der Waals surface area contributed by atoms with Gasteiger partial charge in [-0.1, -0.05) is 49.4 Å². The van der Waals surface area contributed by atoms with Gasteiger partial charge in [0.25, 0.3) is 5.91 Å². The van der Waals surface area contributed by atoms with Crippen LogP contribution in [0.5, 0.6) is 0 Å². The number of hydrogen-bond donors (Lipinski definition) is 1. The lowest BCUT2D eigenvalue weighted by molar-refractivity contribution is 0.102. The van der Waals surface area contributed by atoms with Gasteiger partial charge in [-0.25, -0.2) is 4.98 Å². The van der Waals surface area contributed by atoms with Gasteiger partial charge in [0.2, 0.25) is 0 Å². The van der Waals surface area contributed by atoms with E-state index in [2.05, 4.69) is 29.4 Å². The minimum atomic E-state index is -0.0984. The van der Waals surface area contributed by atoms with Crippen LogP contribution in [-0.2, 0) is 12.8 Å². The van der Waals surface area contributed by atoms with Gasteiger partial charge in [0.15, 0.2) is 5.13 Å². The molecule has 0 radical (unpaired) electrons. The number of rotatable bonds is 3. The molecule has 4 rings (SSSR count). The fraction of sp³-hybridized carbons (Fsp3) is 0.238. The standard InChI is InChI=1S/C21H20N2OS/c1-14-7-12-18-19(13-14)25-21(22-18)23-20(24)17-10-8-16(9-11-17)15-5-3-2-4-6-15/h2-6,8-11,14H,7,12-13H2,1H3,(H,22,23,24)/t14-/m1/s1. The molecule has 1 aromatic heterocycles. The maximum atomic E-state index is 12.5.